The van der Waals surface area contributed by atoms with Crippen molar-refractivity contribution in [3.63, 3.8) is 0 Å². The second-order valence-electron chi connectivity index (χ2n) is 5.49. The third-order valence-electron chi connectivity index (χ3n) is 3.65. The van der Waals surface area contributed by atoms with Gasteiger partial charge in [0.25, 0.3) is 0 Å². The molecular formula is C18H20N2O3S. The number of hydrogen-bond donors (Lipinski definition) is 0. The number of benzene rings is 1. The summed E-state index contributed by atoms with van der Waals surface area (Å²) in [7, 11) is 0. The van der Waals surface area contributed by atoms with E-state index in [1.165, 1.54) is 0 Å². The molecule has 1 amide bonds. The van der Waals surface area contributed by atoms with Crippen molar-refractivity contribution >= 4 is 23.3 Å². The lowest BCUT2D eigenvalue weighted by Gasteiger charge is -2.25. The molecule has 0 atom stereocenters. The minimum Gasteiger partial charge on any atom is -0.487 e. The standard InChI is InChI=1S/C18H20N2O3S/c1-14-19-16(13-24-14)12-23-17-4-2-3-15(11-17)5-6-18(21)20-7-9-22-10-8-20/h2-6,11,13H,7-10,12H2,1H3/b6-5+. The van der Waals surface area contributed by atoms with Crippen LogP contribution in [0.2, 0.25) is 0 Å². The van der Waals surface area contributed by atoms with Gasteiger partial charge in [-0.2, -0.15) is 0 Å². The van der Waals surface area contributed by atoms with E-state index < -0.39 is 0 Å². The second-order valence-corrected chi connectivity index (χ2v) is 6.55. The molecule has 0 unspecified atom stereocenters. The van der Waals surface area contributed by atoms with Gasteiger partial charge in [-0.15, -0.1) is 11.3 Å². The van der Waals surface area contributed by atoms with Crippen molar-refractivity contribution in [2.75, 3.05) is 26.3 Å². The molecule has 3 rings (SSSR count). The van der Waals surface area contributed by atoms with Crippen molar-refractivity contribution in [1.82, 2.24) is 9.88 Å². The van der Waals surface area contributed by atoms with Crippen molar-refractivity contribution in [3.8, 4) is 5.75 Å². The lowest BCUT2D eigenvalue weighted by atomic mass is 10.2. The lowest BCUT2D eigenvalue weighted by Crippen LogP contribution is -2.39. The number of thiazole rings is 1. The number of rotatable bonds is 5. The fraction of sp³-hybridized carbons (Fsp3) is 0.333. The van der Waals surface area contributed by atoms with Gasteiger partial charge < -0.3 is 14.4 Å². The van der Waals surface area contributed by atoms with Crippen molar-refractivity contribution in [2.45, 2.75) is 13.5 Å². The lowest BCUT2D eigenvalue weighted by molar-refractivity contribution is -0.129. The highest BCUT2D eigenvalue weighted by Gasteiger charge is 2.13. The molecule has 24 heavy (non-hydrogen) atoms. The quantitative estimate of drug-likeness (QED) is 0.783. The average Bonchev–Trinajstić information content (AvgIpc) is 3.04. The summed E-state index contributed by atoms with van der Waals surface area (Å²) in [6.07, 6.45) is 3.42. The molecule has 2 aromatic rings. The molecule has 2 heterocycles. The van der Waals surface area contributed by atoms with Crippen LogP contribution in [-0.2, 0) is 16.1 Å². The van der Waals surface area contributed by atoms with Crippen LogP contribution in [0.25, 0.3) is 6.08 Å². The summed E-state index contributed by atoms with van der Waals surface area (Å²) >= 11 is 1.61. The van der Waals surface area contributed by atoms with E-state index in [0.29, 0.717) is 32.9 Å². The molecule has 1 aromatic carbocycles. The third-order valence-corrected chi connectivity index (χ3v) is 4.47. The molecule has 1 saturated heterocycles. The number of ether oxygens (including phenoxy) is 2. The molecule has 0 spiro atoms. The zero-order chi connectivity index (χ0) is 16.8. The Morgan fingerprint density at radius 1 is 1.42 bits per heavy atom. The van der Waals surface area contributed by atoms with E-state index in [-0.39, 0.29) is 5.91 Å². The van der Waals surface area contributed by atoms with E-state index in [1.54, 1.807) is 22.3 Å². The first-order chi connectivity index (χ1) is 11.7. The number of aryl methyl sites for hydroxylation is 1. The van der Waals surface area contributed by atoms with Gasteiger partial charge in [0.1, 0.15) is 12.4 Å². The summed E-state index contributed by atoms with van der Waals surface area (Å²) in [4.78, 5) is 18.3. The maximum Gasteiger partial charge on any atom is 0.246 e. The van der Waals surface area contributed by atoms with Gasteiger partial charge in [-0.3, -0.25) is 4.79 Å². The van der Waals surface area contributed by atoms with Crippen LogP contribution in [0.15, 0.2) is 35.7 Å². The molecule has 0 bridgehead atoms. The van der Waals surface area contributed by atoms with Gasteiger partial charge in [-0.05, 0) is 30.7 Å². The highest BCUT2D eigenvalue weighted by molar-refractivity contribution is 7.09. The predicted molar refractivity (Wildman–Crippen MR) is 94.1 cm³/mol. The minimum absolute atomic E-state index is 0.0163. The summed E-state index contributed by atoms with van der Waals surface area (Å²) in [5.74, 6) is 0.782. The van der Waals surface area contributed by atoms with Gasteiger partial charge in [0.05, 0.1) is 23.9 Å². The molecule has 0 saturated carbocycles. The zero-order valence-corrected chi connectivity index (χ0v) is 14.4. The van der Waals surface area contributed by atoms with E-state index >= 15 is 0 Å². The number of carbonyl (C=O) groups is 1. The average molecular weight is 344 g/mol. The zero-order valence-electron chi connectivity index (χ0n) is 13.6. The van der Waals surface area contributed by atoms with Gasteiger partial charge in [-0.25, -0.2) is 4.98 Å². The first-order valence-electron chi connectivity index (χ1n) is 7.89. The van der Waals surface area contributed by atoms with Crippen LogP contribution < -0.4 is 4.74 Å². The fourth-order valence-corrected chi connectivity index (χ4v) is 2.99. The van der Waals surface area contributed by atoms with Crippen LogP contribution in [0.3, 0.4) is 0 Å². The summed E-state index contributed by atoms with van der Waals surface area (Å²) in [5, 5.41) is 3.03. The number of morpholine rings is 1. The van der Waals surface area contributed by atoms with Crippen LogP contribution >= 0.6 is 11.3 Å². The summed E-state index contributed by atoms with van der Waals surface area (Å²) in [6.45, 7) is 4.95. The van der Waals surface area contributed by atoms with Crippen LogP contribution in [0.4, 0.5) is 0 Å². The largest absolute Gasteiger partial charge is 0.487 e. The highest BCUT2D eigenvalue weighted by Crippen LogP contribution is 2.17. The Morgan fingerprint density at radius 2 is 2.25 bits per heavy atom. The van der Waals surface area contributed by atoms with Crippen molar-refractivity contribution in [1.29, 1.82) is 0 Å². The van der Waals surface area contributed by atoms with Gasteiger partial charge in [0.15, 0.2) is 0 Å². The van der Waals surface area contributed by atoms with Crippen LogP contribution in [0.5, 0.6) is 5.75 Å². The Kier molecular flexibility index (Phi) is 5.61. The molecule has 0 radical (unpaired) electrons. The Bertz CT molecular complexity index is 721. The molecular weight excluding hydrogens is 324 g/mol. The summed E-state index contributed by atoms with van der Waals surface area (Å²) < 4.78 is 11.0. The van der Waals surface area contributed by atoms with E-state index in [9.17, 15) is 4.79 Å². The maximum atomic E-state index is 12.1. The number of amides is 1. The Balaban J connectivity index is 1.58. The number of aromatic nitrogens is 1. The van der Waals surface area contributed by atoms with E-state index in [4.69, 9.17) is 9.47 Å². The molecule has 5 nitrogen and oxygen atoms in total. The van der Waals surface area contributed by atoms with Gasteiger partial charge in [0.2, 0.25) is 5.91 Å². The molecule has 1 fully saturated rings. The normalized spacial score (nSPS) is 15.0. The molecule has 1 aliphatic rings. The SMILES string of the molecule is Cc1nc(COc2cccc(/C=C/C(=O)N3CCOCC3)c2)cs1. The number of carbonyl (C=O) groups excluding carboxylic acids is 1. The topological polar surface area (TPSA) is 51.7 Å². The van der Waals surface area contributed by atoms with Crippen LogP contribution in [0, 0.1) is 6.92 Å². The molecule has 126 valence electrons. The van der Waals surface area contributed by atoms with Gasteiger partial charge in [-0.1, -0.05) is 12.1 Å². The molecule has 1 aromatic heterocycles. The third kappa shape index (κ3) is 4.66. The second kappa shape index (κ2) is 8.08. The van der Waals surface area contributed by atoms with E-state index in [1.807, 2.05) is 42.6 Å². The Labute approximate surface area is 145 Å². The minimum atomic E-state index is 0.0163. The Morgan fingerprint density at radius 3 is 3.00 bits per heavy atom. The molecule has 0 N–H and O–H groups in total. The molecule has 1 aliphatic heterocycles. The summed E-state index contributed by atoms with van der Waals surface area (Å²) in [6, 6.07) is 7.69. The predicted octanol–water partition coefficient (Wildman–Crippen LogP) is 2.90. The van der Waals surface area contributed by atoms with Crippen molar-refractivity contribution < 1.29 is 14.3 Å². The summed E-state index contributed by atoms with van der Waals surface area (Å²) in [5.41, 5.74) is 1.87. The first-order valence-corrected chi connectivity index (χ1v) is 8.77. The van der Waals surface area contributed by atoms with E-state index in [2.05, 4.69) is 4.98 Å². The van der Waals surface area contributed by atoms with Crippen molar-refractivity contribution in [2.24, 2.45) is 0 Å². The molecule has 0 aliphatic carbocycles. The van der Waals surface area contributed by atoms with Crippen LogP contribution in [-0.4, -0.2) is 42.1 Å². The Hall–Kier alpha value is -2.18. The number of nitrogens with zero attached hydrogens (tertiary/aromatic N) is 2. The monoisotopic (exact) mass is 344 g/mol. The van der Waals surface area contributed by atoms with Crippen LogP contribution in [0.1, 0.15) is 16.3 Å². The van der Waals surface area contributed by atoms with Crippen molar-refractivity contribution in [3.05, 3.63) is 52.0 Å². The smallest absolute Gasteiger partial charge is 0.246 e. The highest BCUT2D eigenvalue weighted by atomic mass is 32.1. The number of hydrogen-bond acceptors (Lipinski definition) is 5. The fourth-order valence-electron chi connectivity index (χ4n) is 2.40. The van der Waals surface area contributed by atoms with E-state index in [0.717, 1.165) is 22.0 Å². The molecule has 6 heteroatoms. The first kappa shape index (κ1) is 16.7. The van der Waals surface area contributed by atoms with Gasteiger partial charge >= 0.3 is 0 Å². The maximum absolute atomic E-state index is 12.1. The van der Waals surface area contributed by atoms with Gasteiger partial charge in [0, 0.05) is 24.5 Å².